The minimum Gasteiger partial charge on any atom is -0.496 e. The molecule has 17 heavy (non-hydrogen) atoms. The number of methoxy groups -OCH3 is 1. The van der Waals surface area contributed by atoms with E-state index in [1.54, 1.807) is 7.11 Å². The molecule has 1 atom stereocenters. The van der Waals surface area contributed by atoms with Crippen molar-refractivity contribution in [3.8, 4) is 5.75 Å². The highest BCUT2D eigenvalue weighted by molar-refractivity contribution is 5.33. The van der Waals surface area contributed by atoms with Crippen LogP contribution in [0.4, 0.5) is 0 Å². The molecule has 0 saturated heterocycles. The SMILES string of the molecule is COc1ccccc1CCNC(C)CC(C)C. The molecule has 0 aliphatic carbocycles. The standard InChI is InChI=1S/C15H25NO/c1-12(2)11-13(3)16-10-9-14-7-5-6-8-15(14)17-4/h5-8,12-13,16H,9-11H2,1-4H3. The normalized spacial score (nSPS) is 12.8. The zero-order valence-corrected chi connectivity index (χ0v) is 11.5. The molecule has 2 heteroatoms. The Morgan fingerprint density at radius 1 is 1.18 bits per heavy atom. The Morgan fingerprint density at radius 2 is 1.88 bits per heavy atom. The van der Waals surface area contributed by atoms with Crippen LogP contribution in [0.2, 0.25) is 0 Å². The van der Waals surface area contributed by atoms with Gasteiger partial charge in [0, 0.05) is 6.04 Å². The van der Waals surface area contributed by atoms with E-state index in [4.69, 9.17) is 4.74 Å². The van der Waals surface area contributed by atoms with Crippen LogP contribution in [0.3, 0.4) is 0 Å². The van der Waals surface area contributed by atoms with E-state index in [0.717, 1.165) is 24.6 Å². The van der Waals surface area contributed by atoms with E-state index in [-0.39, 0.29) is 0 Å². The fraction of sp³-hybridized carbons (Fsp3) is 0.600. The van der Waals surface area contributed by atoms with Gasteiger partial charge in [-0.15, -0.1) is 0 Å². The van der Waals surface area contributed by atoms with Gasteiger partial charge in [-0.05, 0) is 43.9 Å². The second-order valence-electron chi connectivity index (χ2n) is 5.05. The van der Waals surface area contributed by atoms with Crippen LogP contribution in [0, 0.1) is 5.92 Å². The highest BCUT2D eigenvalue weighted by Crippen LogP contribution is 2.17. The summed E-state index contributed by atoms with van der Waals surface area (Å²) in [5.74, 6) is 1.74. The minimum absolute atomic E-state index is 0.588. The molecular formula is C15H25NO. The lowest BCUT2D eigenvalue weighted by Gasteiger charge is -2.16. The Bertz CT molecular complexity index is 322. The number of nitrogens with one attached hydrogen (secondary N) is 1. The van der Waals surface area contributed by atoms with Gasteiger partial charge in [0.2, 0.25) is 0 Å². The van der Waals surface area contributed by atoms with Gasteiger partial charge in [0.25, 0.3) is 0 Å². The van der Waals surface area contributed by atoms with E-state index in [0.29, 0.717) is 6.04 Å². The van der Waals surface area contributed by atoms with Gasteiger partial charge in [-0.3, -0.25) is 0 Å². The number of para-hydroxylation sites is 1. The number of hydrogen-bond donors (Lipinski definition) is 1. The van der Waals surface area contributed by atoms with Crippen molar-refractivity contribution in [3.63, 3.8) is 0 Å². The van der Waals surface area contributed by atoms with Crippen molar-refractivity contribution < 1.29 is 4.74 Å². The zero-order valence-electron chi connectivity index (χ0n) is 11.5. The number of benzene rings is 1. The molecule has 0 aliphatic rings. The Hall–Kier alpha value is -1.02. The predicted octanol–water partition coefficient (Wildman–Crippen LogP) is 3.26. The summed E-state index contributed by atoms with van der Waals surface area (Å²) in [6.45, 7) is 7.79. The first-order valence-electron chi connectivity index (χ1n) is 6.48. The van der Waals surface area contributed by atoms with Crippen LogP contribution >= 0.6 is 0 Å². The van der Waals surface area contributed by atoms with E-state index in [2.05, 4.69) is 38.2 Å². The molecular weight excluding hydrogens is 210 g/mol. The summed E-state index contributed by atoms with van der Waals surface area (Å²) in [7, 11) is 1.73. The fourth-order valence-corrected chi connectivity index (χ4v) is 2.15. The Balaban J connectivity index is 2.35. The topological polar surface area (TPSA) is 21.3 Å². The van der Waals surface area contributed by atoms with Crippen molar-refractivity contribution in [1.29, 1.82) is 0 Å². The first-order valence-corrected chi connectivity index (χ1v) is 6.48. The molecule has 0 aliphatic heterocycles. The summed E-state index contributed by atoms with van der Waals surface area (Å²) in [4.78, 5) is 0. The molecule has 0 bridgehead atoms. The maximum absolute atomic E-state index is 5.34. The second-order valence-corrected chi connectivity index (χ2v) is 5.05. The predicted molar refractivity (Wildman–Crippen MR) is 73.6 cm³/mol. The van der Waals surface area contributed by atoms with Gasteiger partial charge < -0.3 is 10.1 Å². The largest absolute Gasteiger partial charge is 0.496 e. The van der Waals surface area contributed by atoms with Crippen LogP contribution in [0.1, 0.15) is 32.8 Å². The zero-order chi connectivity index (χ0) is 12.7. The quantitative estimate of drug-likeness (QED) is 0.783. The van der Waals surface area contributed by atoms with Gasteiger partial charge in [0.05, 0.1) is 7.11 Å². The summed E-state index contributed by atoms with van der Waals surface area (Å²) in [6, 6.07) is 8.82. The molecule has 0 saturated carbocycles. The molecule has 0 heterocycles. The molecule has 2 nitrogen and oxygen atoms in total. The average molecular weight is 235 g/mol. The Morgan fingerprint density at radius 3 is 2.53 bits per heavy atom. The van der Waals surface area contributed by atoms with Gasteiger partial charge >= 0.3 is 0 Å². The third-order valence-corrected chi connectivity index (χ3v) is 2.90. The van der Waals surface area contributed by atoms with E-state index < -0.39 is 0 Å². The van der Waals surface area contributed by atoms with E-state index in [9.17, 15) is 0 Å². The maximum atomic E-state index is 5.34. The van der Waals surface area contributed by atoms with Crippen molar-refractivity contribution in [1.82, 2.24) is 5.32 Å². The minimum atomic E-state index is 0.588. The molecule has 0 radical (unpaired) electrons. The van der Waals surface area contributed by atoms with Gasteiger partial charge in [0.1, 0.15) is 5.75 Å². The molecule has 0 aromatic heterocycles. The summed E-state index contributed by atoms with van der Waals surface area (Å²) in [6.07, 6.45) is 2.25. The lowest BCUT2D eigenvalue weighted by atomic mass is 10.0. The van der Waals surface area contributed by atoms with E-state index in [1.807, 2.05) is 12.1 Å². The molecule has 1 aromatic carbocycles. The molecule has 1 rings (SSSR count). The molecule has 1 unspecified atom stereocenters. The van der Waals surface area contributed by atoms with Gasteiger partial charge in [-0.2, -0.15) is 0 Å². The van der Waals surface area contributed by atoms with Crippen molar-refractivity contribution in [2.24, 2.45) is 5.92 Å². The van der Waals surface area contributed by atoms with Gasteiger partial charge in [0.15, 0.2) is 0 Å². The van der Waals surface area contributed by atoms with E-state index >= 15 is 0 Å². The second kappa shape index (κ2) is 7.33. The molecule has 96 valence electrons. The van der Waals surface area contributed by atoms with Crippen LogP contribution in [-0.2, 0) is 6.42 Å². The van der Waals surface area contributed by atoms with Gasteiger partial charge in [-0.25, -0.2) is 0 Å². The summed E-state index contributed by atoms with van der Waals surface area (Å²) in [5, 5.41) is 3.56. The average Bonchev–Trinajstić information content (AvgIpc) is 2.28. The van der Waals surface area contributed by atoms with Crippen LogP contribution in [0.25, 0.3) is 0 Å². The molecule has 0 fully saturated rings. The number of rotatable bonds is 7. The lowest BCUT2D eigenvalue weighted by Crippen LogP contribution is -2.29. The van der Waals surface area contributed by atoms with E-state index in [1.165, 1.54) is 12.0 Å². The van der Waals surface area contributed by atoms with Crippen LogP contribution < -0.4 is 10.1 Å². The Labute approximate surface area is 105 Å². The molecule has 1 N–H and O–H groups in total. The fourth-order valence-electron chi connectivity index (χ4n) is 2.15. The van der Waals surface area contributed by atoms with Crippen molar-refractivity contribution in [3.05, 3.63) is 29.8 Å². The molecule has 1 aromatic rings. The lowest BCUT2D eigenvalue weighted by molar-refractivity contribution is 0.406. The summed E-state index contributed by atoms with van der Waals surface area (Å²) >= 11 is 0. The monoisotopic (exact) mass is 235 g/mol. The maximum Gasteiger partial charge on any atom is 0.122 e. The number of hydrogen-bond acceptors (Lipinski definition) is 2. The highest BCUT2D eigenvalue weighted by atomic mass is 16.5. The third kappa shape index (κ3) is 5.22. The molecule has 0 amide bonds. The first kappa shape index (κ1) is 14.0. The number of ether oxygens (including phenoxy) is 1. The molecule has 0 spiro atoms. The summed E-state index contributed by atoms with van der Waals surface area (Å²) < 4.78 is 5.34. The van der Waals surface area contributed by atoms with Crippen molar-refractivity contribution in [2.45, 2.75) is 39.7 Å². The van der Waals surface area contributed by atoms with Crippen LogP contribution in [0.15, 0.2) is 24.3 Å². The Kier molecular flexibility index (Phi) is 6.06. The van der Waals surface area contributed by atoms with Gasteiger partial charge in [-0.1, -0.05) is 32.0 Å². The summed E-state index contributed by atoms with van der Waals surface area (Å²) in [5.41, 5.74) is 1.28. The van der Waals surface area contributed by atoms with Crippen molar-refractivity contribution >= 4 is 0 Å². The van der Waals surface area contributed by atoms with Crippen molar-refractivity contribution in [2.75, 3.05) is 13.7 Å². The smallest absolute Gasteiger partial charge is 0.122 e. The van der Waals surface area contributed by atoms with Crippen LogP contribution in [0.5, 0.6) is 5.75 Å². The highest BCUT2D eigenvalue weighted by Gasteiger charge is 2.05. The first-order chi connectivity index (χ1) is 8.13. The third-order valence-electron chi connectivity index (χ3n) is 2.90. The van der Waals surface area contributed by atoms with Crippen LogP contribution in [-0.4, -0.2) is 19.7 Å².